The van der Waals surface area contributed by atoms with E-state index in [1.54, 1.807) is 12.1 Å². The molecule has 22 heavy (non-hydrogen) atoms. The van der Waals surface area contributed by atoms with E-state index >= 15 is 0 Å². The molecule has 0 radical (unpaired) electrons. The van der Waals surface area contributed by atoms with E-state index in [9.17, 15) is 0 Å². The van der Waals surface area contributed by atoms with Gasteiger partial charge in [0.1, 0.15) is 0 Å². The molecule has 1 aromatic carbocycles. The number of halogens is 2. The summed E-state index contributed by atoms with van der Waals surface area (Å²) in [6, 6.07) is 9.02. The van der Waals surface area contributed by atoms with Crippen LogP contribution in [0.1, 0.15) is 39.5 Å². The van der Waals surface area contributed by atoms with Crippen LogP contribution in [0.4, 0.5) is 5.69 Å². The summed E-state index contributed by atoms with van der Waals surface area (Å²) < 4.78 is 4.58. The molecule has 0 saturated carbocycles. The summed E-state index contributed by atoms with van der Waals surface area (Å²) in [5, 5.41) is 6.95. The summed E-state index contributed by atoms with van der Waals surface area (Å²) in [7, 11) is 0. The van der Waals surface area contributed by atoms with Gasteiger partial charge in [-0.15, -0.1) is 4.51 Å². The number of rotatable bonds is 4. The minimum atomic E-state index is -0.282. The highest BCUT2D eigenvalue weighted by atomic mass is 35.5. The van der Waals surface area contributed by atoms with Crippen molar-refractivity contribution in [2.75, 3.05) is 4.42 Å². The molecule has 1 aromatic rings. The second-order valence-electron chi connectivity index (χ2n) is 4.40. The predicted octanol–water partition coefficient (Wildman–Crippen LogP) is 3.73. The van der Waals surface area contributed by atoms with Crippen LogP contribution in [0.25, 0.3) is 0 Å². The first kappa shape index (κ1) is 20.3. The molecule has 0 aliphatic carbocycles. The SMILES string of the molecule is CCCCCC.N=C(N)NNC(=NCl)N(Cl)c1ccccc1. The minimum Gasteiger partial charge on any atom is -0.369 e. The standard InChI is InChI=1S/C8H10Cl2N6.C6H14/c9-13-8(15-14-7(11)12)16(10)6-4-2-1-3-5-6;1-3-5-6-4-2/h1-5H,(H,13,15)(H4,11,12,14);3-6H2,1-2H3. The lowest BCUT2D eigenvalue weighted by molar-refractivity contribution is 0.702. The summed E-state index contributed by atoms with van der Waals surface area (Å²) in [4.78, 5) is 0. The van der Waals surface area contributed by atoms with E-state index in [0.717, 1.165) is 0 Å². The zero-order valence-corrected chi connectivity index (χ0v) is 14.5. The van der Waals surface area contributed by atoms with Gasteiger partial charge in [0, 0.05) is 23.6 Å². The smallest absolute Gasteiger partial charge is 0.249 e. The van der Waals surface area contributed by atoms with E-state index in [2.05, 4.69) is 29.2 Å². The predicted molar refractivity (Wildman–Crippen MR) is 96.1 cm³/mol. The minimum absolute atomic E-state index is 0.102. The van der Waals surface area contributed by atoms with Gasteiger partial charge in [0.15, 0.2) is 0 Å². The summed E-state index contributed by atoms with van der Waals surface area (Å²) in [6.45, 7) is 4.46. The van der Waals surface area contributed by atoms with Crippen LogP contribution in [-0.2, 0) is 0 Å². The van der Waals surface area contributed by atoms with Crippen LogP contribution in [0.3, 0.4) is 0 Å². The van der Waals surface area contributed by atoms with Crippen molar-refractivity contribution < 1.29 is 0 Å². The average molecular weight is 347 g/mol. The Labute approximate surface area is 142 Å². The van der Waals surface area contributed by atoms with E-state index in [1.807, 2.05) is 18.2 Å². The summed E-state index contributed by atoms with van der Waals surface area (Å²) in [6.07, 6.45) is 5.54. The van der Waals surface area contributed by atoms with Gasteiger partial charge in [-0.1, -0.05) is 57.7 Å². The third kappa shape index (κ3) is 9.31. The quantitative estimate of drug-likeness (QED) is 0.220. The lowest BCUT2D eigenvalue weighted by atomic mass is 10.2. The second-order valence-corrected chi connectivity index (χ2v) is 4.90. The molecular formula is C14H24Cl2N6. The Morgan fingerprint density at radius 3 is 2.14 bits per heavy atom. The van der Waals surface area contributed by atoms with Crippen LogP contribution in [0.15, 0.2) is 34.8 Å². The number of guanidine groups is 2. The molecule has 0 bridgehead atoms. The van der Waals surface area contributed by atoms with Gasteiger partial charge in [-0.2, -0.15) is 0 Å². The number of benzene rings is 1. The molecule has 0 aliphatic heterocycles. The molecule has 0 fully saturated rings. The molecule has 0 saturated heterocycles. The molecule has 6 nitrogen and oxygen atoms in total. The van der Waals surface area contributed by atoms with Gasteiger partial charge in [0.2, 0.25) is 11.9 Å². The Balaban J connectivity index is 0.000000626. The Kier molecular flexibility index (Phi) is 12.1. The third-order valence-electron chi connectivity index (χ3n) is 2.51. The van der Waals surface area contributed by atoms with Crippen molar-refractivity contribution >= 4 is 41.2 Å². The van der Waals surface area contributed by atoms with Crippen LogP contribution < -0.4 is 21.0 Å². The molecule has 0 heterocycles. The fraction of sp³-hybridized carbons (Fsp3) is 0.429. The number of hydrogen-bond donors (Lipinski definition) is 4. The lowest BCUT2D eigenvalue weighted by Gasteiger charge is -2.18. The van der Waals surface area contributed by atoms with Crippen molar-refractivity contribution in [3.05, 3.63) is 30.3 Å². The molecule has 8 heteroatoms. The van der Waals surface area contributed by atoms with Gasteiger partial charge in [0.25, 0.3) is 0 Å². The fourth-order valence-electron chi connectivity index (χ4n) is 1.41. The molecular weight excluding hydrogens is 323 g/mol. The Morgan fingerprint density at radius 2 is 1.73 bits per heavy atom. The third-order valence-corrected chi connectivity index (χ3v) is 3.03. The van der Waals surface area contributed by atoms with E-state index < -0.39 is 0 Å². The van der Waals surface area contributed by atoms with Crippen LogP contribution in [0.5, 0.6) is 0 Å². The second kappa shape index (κ2) is 13.0. The molecule has 1 rings (SSSR count). The Morgan fingerprint density at radius 1 is 1.18 bits per heavy atom. The van der Waals surface area contributed by atoms with Crippen molar-refractivity contribution in [1.82, 2.24) is 10.9 Å². The topological polar surface area (TPSA) is 89.5 Å². The van der Waals surface area contributed by atoms with Gasteiger partial charge in [0.05, 0.1) is 5.69 Å². The first-order chi connectivity index (χ1) is 10.6. The highest BCUT2D eigenvalue weighted by molar-refractivity contribution is 6.39. The zero-order valence-electron chi connectivity index (χ0n) is 12.9. The fourth-order valence-corrected chi connectivity index (χ4v) is 1.76. The maximum atomic E-state index is 6.95. The number of hydrogen-bond acceptors (Lipinski definition) is 2. The van der Waals surface area contributed by atoms with Crippen molar-refractivity contribution in [2.24, 2.45) is 10.2 Å². The average Bonchev–Trinajstić information content (AvgIpc) is 2.54. The van der Waals surface area contributed by atoms with Crippen molar-refractivity contribution in [2.45, 2.75) is 39.5 Å². The van der Waals surface area contributed by atoms with Crippen LogP contribution >= 0.6 is 23.6 Å². The Hall–Kier alpha value is -1.66. The van der Waals surface area contributed by atoms with E-state index in [1.165, 1.54) is 30.1 Å². The molecule has 0 spiro atoms. The van der Waals surface area contributed by atoms with Gasteiger partial charge in [-0.05, 0) is 12.1 Å². The summed E-state index contributed by atoms with van der Waals surface area (Å²) in [5.74, 6) is -0.180. The summed E-state index contributed by atoms with van der Waals surface area (Å²) in [5.41, 5.74) is 10.5. The molecule has 0 aliphatic rings. The van der Waals surface area contributed by atoms with Crippen LogP contribution in [0.2, 0.25) is 0 Å². The maximum Gasteiger partial charge on any atom is 0.249 e. The number of para-hydroxylation sites is 1. The highest BCUT2D eigenvalue weighted by Crippen LogP contribution is 2.15. The van der Waals surface area contributed by atoms with Gasteiger partial charge in [-0.3, -0.25) is 16.3 Å². The number of nitrogens with zero attached hydrogens (tertiary/aromatic N) is 2. The number of unbranched alkanes of at least 4 members (excludes halogenated alkanes) is 3. The molecule has 0 aromatic heterocycles. The number of anilines is 1. The monoisotopic (exact) mass is 346 g/mol. The van der Waals surface area contributed by atoms with E-state index in [-0.39, 0.29) is 11.9 Å². The molecule has 0 amide bonds. The molecule has 124 valence electrons. The maximum absolute atomic E-state index is 6.95. The number of nitrogens with one attached hydrogen (secondary N) is 3. The normalized spacial score (nSPS) is 10.3. The van der Waals surface area contributed by atoms with Gasteiger partial charge >= 0.3 is 0 Å². The summed E-state index contributed by atoms with van der Waals surface area (Å²) >= 11 is 11.3. The number of hydrazine groups is 1. The van der Waals surface area contributed by atoms with Crippen LogP contribution in [0, 0.1) is 5.41 Å². The number of nitrogens with two attached hydrogens (primary N) is 1. The first-order valence-electron chi connectivity index (χ1n) is 7.12. The van der Waals surface area contributed by atoms with E-state index in [0.29, 0.717) is 5.69 Å². The largest absolute Gasteiger partial charge is 0.369 e. The molecule has 0 atom stereocenters. The first-order valence-corrected chi connectivity index (χ1v) is 7.80. The van der Waals surface area contributed by atoms with Gasteiger partial charge in [-0.25, -0.2) is 4.42 Å². The van der Waals surface area contributed by atoms with Crippen LogP contribution in [-0.4, -0.2) is 11.9 Å². The van der Waals surface area contributed by atoms with Crippen molar-refractivity contribution in [3.63, 3.8) is 0 Å². The molecule has 5 N–H and O–H groups in total. The van der Waals surface area contributed by atoms with E-state index in [4.69, 9.17) is 34.7 Å². The molecule has 0 unspecified atom stereocenters. The van der Waals surface area contributed by atoms with Crippen molar-refractivity contribution in [1.29, 1.82) is 5.41 Å². The highest BCUT2D eigenvalue weighted by Gasteiger charge is 2.10. The van der Waals surface area contributed by atoms with Crippen molar-refractivity contribution in [3.8, 4) is 0 Å². The lowest BCUT2D eigenvalue weighted by Crippen LogP contribution is -2.49. The zero-order chi connectivity index (χ0) is 16.8. The Bertz CT molecular complexity index is 434. The van der Waals surface area contributed by atoms with Gasteiger partial charge < -0.3 is 5.73 Å².